The van der Waals surface area contributed by atoms with Gasteiger partial charge < -0.3 is 10.4 Å². The Hall–Kier alpha value is -1.09. The molecule has 2 unspecified atom stereocenters. The summed E-state index contributed by atoms with van der Waals surface area (Å²) in [6, 6.07) is 5.11. The third-order valence-electron chi connectivity index (χ3n) is 3.79. The fraction of sp³-hybridized carbons (Fsp3) is 0.600. The predicted octanol–water partition coefficient (Wildman–Crippen LogP) is 3.45. The predicted molar refractivity (Wildman–Crippen MR) is 70.9 cm³/mol. The summed E-state index contributed by atoms with van der Waals surface area (Å²) in [5, 5.41) is 12.6. The van der Waals surface area contributed by atoms with Gasteiger partial charge in [-0.3, -0.25) is 0 Å². The van der Waals surface area contributed by atoms with E-state index in [4.69, 9.17) is 5.11 Å². The monoisotopic (exact) mass is 251 g/mol. The lowest BCUT2D eigenvalue weighted by atomic mass is 9.80. The van der Waals surface area contributed by atoms with Crippen molar-refractivity contribution in [2.45, 2.75) is 45.7 Å². The second-order valence-electron chi connectivity index (χ2n) is 5.78. The smallest absolute Gasteiger partial charge is 0.165 e. The second-order valence-corrected chi connectivity index (χ2v) is 5.78. The van der Waals surface area contributed by atoms with Crippen LogP contribution < -0.4 is 5.32 Å². The number of aromatic hydroxyl groups is 1. The van der Waals surface area contributed by atoms with Crippen LogP contribution >= 0.6 is 0 Å². The first-order valence-electron chi connectivity index (χ1n) is 6.75. The van der Waals surface area contributed by atoms with E-state index in [0.29, 0.717) is 12.6 Å². The molecule has 0 bridgehead atoms. The number of phenolic OH excluding ortho intramolecular Hbond substituents is 1. The van der Waals surface area contributed by atoms with Crippen LogP contribution in [0.4, 0.5) is 4.39 Å². The van der Waals surface area contributed by atoms with E-state index in [9.17, 15) is 4.39 Å². The number of hydrogen-bond acceptors (Lipinski definition) is 2. The molecule has 0 heterocycles. The summed E-state index contributed by atoms with van der Waals surface area (Å²) >= 11 is 0. The van der Waals surface area contributed by atoms with Gasteiger partial charge in [0.25, 0.3) is 0 Å². The molecule has 0 aliphatic heterocycles. The number of phenols is 1. The zero-order valence-corrected chi connectivity index (χ0v) is 11.1. The van der Waals surface area contributed by atoms with Crippen molar-refractivity contribution in [3.63, 3.8) is 0 Å². The van der Waals surface area contributed by atoms with Gasteiger partial charge in [-0.05, 0) is 48.8 Å². The lowest BCUT2D eigenvalue weighted by molar-refractivity contribution is 0.238. The van der Waals surface area contributed by atoms with E-state index in [1.165, 1.54) is 31.4 Å². The van der Waals surface area contributed by atoms with E-state index in [2.05, 4.69) is 19.2 Å². The summed E-state index contributed by atoms with van der Waals surface area (Å²) in [7, 11) is 0. The molecular weight excluding hydrogens is 229 g/mol. The fourth-order valence-electron chi connectivity index (χ4n) is 3.04. The van der Waals surface area contributed by atoms with E-state index in [1.807, 2.05) is 0 Å². The van der Waals surface area contributed by atoms with Crippen molar-refractivity contribution >= 4 is 0 Å². The van der Waals surface area contributed by atoms with Crippen LogP contribution in [-0.2, 0) is 6.54 Å². The van der Waals surface area contributed by atoms with Crippen LogP contribution in [0.1, 0.15) is 38.7 Å². The molecular formula is C15H22FNO. The molecule has 0 aromatic heterocycles. The number of hydrogen-bond donors (Lipinski definition) is 2. The molecule has 1 fully saturated rings. The van der Waals surface area contributed by atoms with Gasteiger partial charge in [-0.2, -0.15) is 0 Å². The van der Waals surface area contributed by atoms with E-state index < -0.39 is 5.82 Å². The van der Waals surface area contributed by atoms with Crippen LogP contribution in [0.25, 0.3) is 0 Å². The Labute approximate surface area is 108 Å². The molecule has 1 aromatic rings. The Kier molecular flexibility index (Phi) is 4.23. The van der Waals surface area contributed by atoms with Crippen molar-refractivity contribution < 1.29 is 9.50 Å². The summed E-state index contributed by atoms with van der Waals surface area (Å²) in [6.07, 6.45) is 3.71. The van der Waals surface area contributed by atoms with E-state index in [-0.39, 0.29) is 5.75 Å². The average Bonchev–Trinajstić information content (AvgIpc) is 2.29. The first-order valence-corrected chi connectivity index (χ1v) is 6.75. The molecule has 2 nitrogen and oxygen atoms in total. The van der Waals surface area contributed by atoms with Crippen LogP contribution in [0.3, 0.4) is 0 Å². The highest BCUT2D eigenvalue weighted by atomic mass is 19.1. The minimum absolute atomic E-state index is 0.279. The van der Waals surface area contributed by atoms with Gasteiger partial charge in [-0.15, -0.1) is 0 Å². The molecule has 0 radical (unpaired) electrons. The van der Waals surface area contributed by atoms with E-state index >= 15 is 0 Å². The van der Waals surface area contributed by atoms with Gasteiger partial charge >= 0.3 is 0 Å². The highest BCUT2D eigenvalue weighted by Crippen LogP contribution is 2.28. The maximum absolute atomic E-state index is 13.2. The van der Waals surface area contributed by atoms with E-state index in [1.54, 1.807) is 6.07 Å². The van der Waals surface area contributed by atoms with Crippen LogP contribution in [0, 0.1) is 17.7 Å². The standard InChI is InChI=1S/C15H22FNO/c1-10-5-11(2)7-13(6-10)17-9-12-3-4-15(18)14(16)8-12/h3-4,8,10-11,13,17-18H,5-7,9H2,1-2H3. The van der Waals surface area contributed by atoms with Crippen LogP contribution in [0.5, 0.6) is 5.75 Å². The molecule has 1 aliphatic rings. The normalized spacial score (nSPS) is 28.3. The molecule has 1 saturated carbocycles. The molecule has 2 atom stereocenters. The maximum Gasteiger partial charge on any atom is 0.165 e. The summed E-state index contributed by atoms with van der Waals surface area (Å²) in [5.41, 5.74) is 0.885. The van der Waals surface area contributed by atoms with Gasteiger partial charge in [-0.1, -0.05) is 19.9 Å². The van der Waals surface area contributed by atoms with E-state index in [0.717, 1.165) is 17.4 Å². The molecule has 2 rings (SSSR count). The van der Waals surface area contributed by atoms with Crippen molar-refractivity contribution in [3.8, 4) is 5.75 Å². The molecule has 18 heavy (non-hydrogen) atoms. The topological polar surface area (TPSA) is 32.3 Å². The summed E-state index contributed by atoms with van der Waals surface area (Å²) in [4.78, 5) is 0. The second kappa shape index (κ2) is 5.70. The minimum Gasteiger partial charge on any atom is -0.505 e. The Bertz CT molecular complexity index is 397. The highest BCUT2D eigenvalue weighted by Gasteiger charge is 2.23. The molecule has 1 aliphatic carbocycles. The minimum atomic E-state index is -0.542. The Morgan fingerprint density at radius 3 is 2.50 bits per heavy atom. The van der Waals surface area contributed by atoms with Crippen molar-refractivity contribution in [2.75, 3.05) is 0 Å². The SMILES string of the molecule is CC1CC(C)CC(NCc2ccc(O)c(F)c2)C1. The molecule has 1 aromatic carbocycles. The zero-order chi connectivity index (χ0) is 13.1. The third kappa shape index (κ3) is 3.45. The lowest BCUT2D eigenvalue weighted by Gasteiger charge is -2.32. The Morgan fingerprint density at radius 1 is 1.22 bits per heavy atom. The van der Waals surface area contributed by atoms with Gasteiger partial charge in [0.1, 0.15) is 0 Å². The first kappa shape index (κ1) is 13.3. The van der Waals surface area contributed by atoms with Crippen molar-refractivity contribution in [1.82, 2.24) is 5.32 Å². The highest BCUT2D eigenvalue weighted by molar-refractivity contribution is 5.27. The Balaban J connectivity index is 1.89. The average molecular weight is 251 g/mol. The maximum atomic E-state index is 13.2. The zero-order valence-electron chi connectivity index (χ0n) is 11.1. The van der Waals surface area contributed by atoms with Gasteiger partial charge in [0, 0.05) is 12.6 Å². The van der Waals surface area contributed by atoms with Crippen LogP contribution in [-0.4, -0.2) is 11.1 Å². The largest absolute Gasteiger partial charge is 0.505 e. The van der Waals surface area contributed by atoms with Crippen molar-refractivity contribution in [1.29, 1.82) is 0 Å². The van der Waals surface area contributed by atoms with Crippen LogP contribution in [0.15, 0.2) is 18.2 Å². The number of halogens is 1. The van der Waals surface area contributed by atoms with Crippen LogP contribution in [0.2, 0.25) is 0 Å². The van der Waals surface area contributed by atoms with Crippen molar-refractivity contribution in [3.05, 3.63) is 29.6 Å². The third-order valence-corrected chi connectivity index (χ3v) is 3.79. The number of benzene rings is 1. The molecule has 0 spiro atoms. The molecule has 0 amide bonds. The lowest BCUT2D eigenvalue weighted by Crippen LogP contribution is -2.35. The van der Waals surface area contributed by atoms with Crippen molar-refractivity contribution in [2.24, 2.45) is 11.8 Å². The number of rotatable bonds is 3. The summed E-state index contributed by atoms with van der Waals surface area (Å²) in [5.74, 6) is 0.712. The van der Waals surface area contributed by atoms with Gasteiger partial charge in [0.15, 0.2) is 11.6 Å². The number of nitrogens with one attached hydrogen (secondary N) is 1. The van der Waals surface area contributed by atoms with Gasteiger partial charge in [-0.25, -0.2) is 4.39 Å². The van der Waals surface area contributed by atoms with Gasteiger partial charge in [0.05, 0.1) is 0 Å². The molecule has 2 N–H and O–H groups in total. The van der Waals surface area contributed by atoms with Gasteiger partial charge in [0.2, 0.25) is 0 Å². The fourth-order valence-corrected chi connectivity index (χ4v) is 3.04. The molecule has 100 valence electrons. The molecule has 0 saturated heterocycles. The Morgan fingerprint density at radius 2 is 1.89 bits per heavy atom. The summed E-state index contributed by atoms with van der Waals surface area (Å²) < 4.78 is 13.2. The first-order chi connectivity index (χ1) is 8.54. The molecule has 3 heteroatoms. The summed E-state index contributed by atoms with van der Waals surface area (Å²) in [6.45, 7) is 5.26. The quantitative estimate of drug-likeness (QED) is 0.862.